The average Bonchev–Trinajstić information content (AvgIpc) is 2.46. The highest BCUT2D eigenvalue weighted by Gasteiger charge is 2.26. The van der Waals surface area contributed by atoms with Crippen molar-refractivity contribution in [3.8, 4) is 0 Å². The zero-order valence-corrected chi connectivity index (χ0v) is 10.6. The Hall–Kier alpha value is -1.82. The molecule has 6 heteroatoms. The highest BCUT2D eigenvalue weighted by atomic mass is 16.5. The standard InChI is InChI=1S/C12H18N4O2/c1-13-9-7-14-4-3-11(9)16-6-5-15-10(8-16)12(17)18-2/h3-4,7,10,13,15H,5-6,8H2,1-2H3. The number of carbonyl (C=O) groups is 1. The third kappa shape index (κ3) is 2.53. The molecular weight excluding hydrogens is 232 g/mol. The SMILES string of the molecule is CNc1cnccc1N1CCNC(C(=O)OC)C1. The minimum absolute atomic E-state index is 0.222. The second-order valence-electron chi connectivity index (χ2n) is 4.12. The largest absolute Gasteiger partial charge is 0.468 e. The van der Waals surface area contributed by atoms with E-state index < -0.39 is 0 Å². The van der Waals surface area contributed by atoms with Gasteiger partial charge in [0, 0.05) is 32.9 Å². The lowest BCUT2D eigenvalue weighted by Gasteiger charge is -2.34. The van der Waals surface area contributed by atoms with Crippen LogP contribution >= 0.6 is 0 Å². The molecule has 1 unspecified atom stereocenters. The Labute approximate surface area is 106 Å². The molecule has 1 saturated heterocycles. The van der Waals surface area contributed by atoms with Gasteiger partial charge in [0.05, 0.1) is 24.7 Å². The summed E-state index contributed by atoms with van der Waals surface area (Å²) in [6, 6.07) is 1.67. The van der Waals surface area contributed by atoms with E-state index >= 15 is 0 Å². The molecule has 0 bridgehead atoms. The van der Waals surface area contributed by atoms with Crippen molar-refractivity contribution in [2.75, 3.05) is 44.0 Å². The lowest BCUT2D eigenvalue weighted by Crippen LogP contribution is -2.54. The second-order valence-corrected chi connectivity index (χ2v) is 4.12. The van der Waals surface area contributed by atoms with Crippen LogP contribution in [0.4, 0.5) is 11.4 Å². The van der Waals surface area contributed by atoms with Gasteiger partial charge in [-0.2, -0.15) is 0 Å². The topological polar surface area (TPSA) is 66.5 Å². The van der Waals surface area contributed by atoms with Crippen LogP contribution in [0, 0.1) is 0 Å². The Morgan fingerprint density at radius 3 is 3.22 bits per heavy atom. The van der Waals surface area contributed by atoms with E-state index in [2.05, 4.69) is 20.5 Å². The van der Waals surface area contributed by atoms with Crippen LogP contribution in [0.1, 0.15) is 0 Å². The zero-order valence-electron chi connectivity index (χ0n) is 10.6. The number of rotatable bonds is 3. The third-order valence-corrected chi connectivity index (χ3v) is 3.07. The van der Waals surface area contributed by atoms with Gasteiger partial charge in [0.1, 0.15) is 6.04 Å². The van der Waals surface area contributed by atoms with Gasteiger partial charge in [0.25, 0.3) is 0 Å². The number of nitrogens with one attached hydrogen (secondary N) is 2. The lowest BCUT2D eigenvalue weighted by molar-refractivity contribution is -0.143. The summed E-state index contributed by atoms with van der Waals surface area (Å²) < 4.78 is 4.77. The number of methoxy groups -OCH3 is 1. The number of esters is 1. The molecule has 1 aliphatic heterocycles. The molecule has 6 nitrogen and oxygen atoms in total. The number of carbonyl (C=O) groups excluding carboxylic acids is 1. The van der Waals surface area contributed by atoms with E-state index in [1.165, 1.54) is 7.11 Å². The third-order valence-electron chi connectivity index (χ3n) is 3.07. The molecule has 0 radical (unpaired) electrons. The quantitative estimate of drug-likeness (QED) is 0.740. The van der Waals surface area contributed by atoms with Gasteiger partial charge in [-0.15, -0.1) is 0 Å². The van der Waals surface area contributed by atoms with Crippen molar-refractivity contribution in [2.45, 2.75) is 6.04 Å². The Kier molecular flexibility index (Phi) is 3.99. The van der Waals surface area contributed by atoms with E-state index in [9.17, 15) is 4.79 Å². The van der Waals surface area contributed by atoms with E-state index in [0.29, 0.717) is 6.54 Å². The monoisotopic (exact) mass is 250 g/mol. The molecule has 2 N–H and O–H groups in total. The van der Waals surface area contributed by atoms with E-state index in [0.717, 1.165) is 24.5 Å². The van der Waals surface area contributed by atoms with Gasteiger partial charge < -0.3 is 20.3 Å². The molecule has 1 fully saturated rings. The number of nitrogens with zero attached hydrogens (tertiary/aromatic N) is 2. The maximum absolute atomic E-state index is 11.6. The van der Waals surface area contributed by atoms with Gasteiger partial charge in [-0.25, -0.2) is 0 Å². The maximum Gasteiger partial charge on any atom is 0.324 e. The van der Waals surface area contributed by atoms with E-state index in [1.54, 1.807) is 12.4 Å². The van der Waals surface area contributed by atoms with Crippen LogP contribution in [0.15, 0.2) is 18.5 Å². The summed E-state index contributed by atoms with van der Waals surface area (Å²) in [5.74, 6) is -0.222. The molecule has 0 amide bonds. The summed E-state index contributed by atoms with van der Waals surface area (Å²) in [7, 11) is 3.27. The number of pyridine rings is 1. The highest BCUT2D eigenvalue weighted by Crippen LogP contribution is 2.24. The van der Waals surface area contributed by atoms with Crippen molar-refractivity contribution in [3.63, 3.8) is 0 Å². The fraction of sp³-hybridized carbons (Fsp3) is 0.500. The molecule has 1 atom stereocenters. The predicted molar refractivity (Wildman–Crippen MR) is 69.8 cm³/mol. The fourth-order valence-corrected chi connectivity index (χ4v) is 2.12. The molecule has 18 heavy (non-hydrogen) atoms. The number of aromatic nitrogens is 1. The number of hydrogen-bond acceptors (Lipinski definition) is 6. The number of ether oxygens (including phenoxy) is 1. The molecule has 1 aliphatic rings. The first-order chi connectivity index (χ1) is 8.76. The highest BCUT2D eigenvalue weighted by molar-refractivity contribution is 5.78. The lowest BCUT2D eigenvalue weighted by atomic mass is 10.2. The van der Waals surface area contributed by atoms with Gasteiger partial charge in [-0.1, -0.05) is 0 Å². The minimum Gasteiger partial charge on any atom is -0.468 e. The second kappa shape index (κ2) is 5.68. The number of piperazine rings is 1. The first-order valence-electron chi connectivity index (χ1n) is 5.94. The van der Waals surface area contributed by atoms with Gasteiger partial charge >= 0.3 is 5.97 Å². The fourth-order valence-electron chi connectivity index (χ4n) is 2.12. The van der Waals surface area contributed by atoms with Crippen LogP contribution in [-0.2, 0) is 9.53 Å². The van der Waals surface area contributed by atoms with Crippen LogP contribution in [0.2, 0.25) is 0 Å². The van der Waals surface area contributed by atoms with Crippen molar-refractivity contribution < 1.29 is 9.53 Å². The number of hydrogen-bond donors (Lipinski definition) is 2. The van der Waals surface area contributed by atoms with Gasteiger partial charge in [-0.3, -0.25) is 9.78 Å². The smallest absolute Gasteiger partial charge is 0.324 e. The molecular formula is C12H18N4O2. The van der Waals surface area contributed by atoms with Gasteiger partial charge in [0.15, 0.2) is 0 Å². The molecule has 2 heterocycles. The van der Waals surface area contributed by atoms with Crippen LogP contribution in [0.25, 0.3) is 0 Å². The van der Waals surface area contributed by atoms with Gasteiger partial charge in [0.2, 0.25) is 0 Å². The average molecular weight is 250 g/mol. The van der Waals surface area contributed by atoms with Crippen LogP contribution < -0.4 is 15.5 Å². The summed E-state index contributed by atoms with van der Waals surface area (Å²) in [5, 5.41) is 6.26. The Balaban J connectivity index is 2.15. The molecule has 2 rings (SSSR count). The molecule has 1 aromatic heterocycles. The van der Waals surface area contributed by atoms with Crippen molar-refractivity contribution in [1.29, 1.82) is 0 Å². The van der Waals surface area contributed by atoms with Crippen molar-refractivity contribution in [2.24, 2.45) is 0 Å². The van der Waals surface area contributed by atoms with E-state index in [4.69, 9.17) is 4.74 Å². The minimum atomic E-state index is -0.276. The molecule has 0 aromatic carbocycles. The van der Waals surface area contributed by atoms with Crippen molar-refractivity contribution >= 4 is 17.3 Å². The van der Waals surface area contributed by atoms with Crippen molar-refractivity contribution in [3.05, 3.63) is 18.5 Å². The Bertz CT molecular complexity index is 424. The summed E-state index contributed by atoms with van der Waals surface area (Å²) in [4.78, 5) is 17.8. The molecule has 0 aliphatic carbocycles. The maximum atomic E-state index is 11.6. The van der Waals surface area contributed by atoms with Gasteiger partial charge in [-0.05, 0) is 6.07 Å². The molecule has 0 spiro atoms. The number of anilines is 2. The molecule has 98 valence electrons. The Morgan fingerprint density at radius 1 is 1.67 bits per heavy atom. The first-order valence-corrected chi connectivity index (χ1v) is 5.94. The van der Waals surface area contributed by atoms with Crippen LogP contribution in [0.3, 0.4) is 0 Å². The Morgan fingerprint density at radius 2 is 2.50 bits per heavy atom. The normalized spacial score (nSPS) is 19.4. The van der Waals surface area contributed by atoms with E-state index in [1.807, 2.05) is 13.1 Å². The zero-order chi connectivity index (χ0) is 13.0. The van der Waals surface area contributed by atoms with Crippen LogP contribution in [0.5, 0.6) is 0 Å². The molecule has 1 aromatic rings. The van der Waals surface area contributed by atoms with Crippen molar-refractivity contribution in [1.82, 2.24) is 10.3 Å². The van der Waals surface area contributed by atoms with Crippen LogP contribution in [-0.4, -0.2) is 50.8 Å². The first kappa shape index (κ1) is 12.6. The summed E-state index contributed by atoms with van der Waals surface area (Å²) >= 11 is 0. The summed E-state index contributed by atoms with van der Waals surface area (Å²) in [6.45, 7) is 2.21. The predicted octanol–water partition coefficient (Wildman–Crippen LogP) is 0.0745. The van der Waals surface area contributed by atoms with E-state index in [-0.39, 0.29) is 12.0 Å². The summed E-state index contributed by atoms with van der Waals surface area (Å²) in [6.07, 6.45) is 3.54. The molecule has 0 saturated carbocycles. The summed E-state index contributed by atoms with van der Waals surface area (Å²) in [5.41, 5.74) is 2.02.